The minimum Gasteiger partial charge on any atom is -0.382 e. The largest absolute Gasteiger partial charge is 0.382 e. The monoisotopic (exact) mass is 198 g/mol. The van der Waals surface area contributed by atoms with E-state index in [1.165, 1.54) is 6.20 Å². The number of hydrogen-bond donors (Lipinski definition) is 0. The average Bonchev–Trinajstić information content (AvgIpc) is 2.64. The summed E-state index contributed by atoms with van der Waals surface area (Å²) >= 11 is 0. The smallest absolute Gasteiger partial charge is 0.168 e. The lowest BCUT2D eigenvalue weighted by Gasteiger charge is -2.15. The normalized spacial score (nSPS) is 12.7. The van der Waals surface area contributed by atoms with Crippen LogP contribution in [-0.2, 0) is 16.0 Å². The molecule has 0 radical (unpaired) electrons. The lowest BCUT2D eigenvalue weighted by atomic mass is 10.3. The molecule has 0 spiro atoms. The summed E-state index contributed by atoms with van der Waals surface area (Å²) in [5.74, 6) is 0. The fourth-order valence-electron chi connectivity index (χ4n) is 1.18. The van der Waals surface area contributed by atoms with Crippen LogP contribution in [0.25, 0.3) is 0 Å². The van der Waals surface area contributed by atoms with Gasteiger partial charge >= 0.3 is 0 Å². The standard InChI is InChI=1S/C9H14N2O3/c1-13-6-9(14-2)4-11-7-10-3-8(11)5-12/h3,5,7,9H,4,6H2,1-2H3. The second kappa shape index (κ2) is 5.51. The van der Waals surface area contributed by atoms with Gasteiger partial charge in [-0.05, 0) is 0 Å². The summed E-state index contributed by atoms with van der Waals surface area (Å²) in [6, 6.07) is 0. The summed E-state index contributed by atoms with van der Waals surface area (Å²) in [7, 11) is 3.22. The van der Waals surface area contributed by atoms with E-state index in [4.69, 9.17) is 9.47 Å². The van der Waals surface area contributed by atoms with Crippen LogP contribution in [-0.4, -0.2) is 42.8 Å². The lowest BCUT2D eigenvalue weighted by Crippen LogP contribution is -2.24. The fraction of sp³-hybridized carbons (Fsp3) is 0.556. The van der Waals surface area contributed by atoms with Gasteiger partial charge in [-0.1, -0.05) is 0 Å². The zero-order valence-electron chi connectivity index (χ0n) is 8.34. The summed E-state index contributed by atoms with van der Waals surface area (Å²) in [6.45, 7) is 1.06. The van der Waals surface area contributed by atoms with E-state index in [-0.39, 0.29) is 6.10 Å². The van der Waals surface area contributed by atoms with Crippen molar-refractivity contribution >= 4 is 6.29 Å². The molecule has 1 aromatic rings. The highest BCUT2D eigenvalue weighted by Gasteiger charge is 2.09. The molecule has 5 heteroatoms. The lowest BCUT2D eigenvalue weighted by molar-refractivity contribution is 0.0181. The van der Waals surface area contributed by atoms with Gasteiger partial charge < -0.3 is 14.0 Å². The SMILES string of the molecule is COCC(Cn1cncc1C=O)OC. The van der Waals surface area contributed by atoms with Crippen molar-refractivity contribution in [3.05, 3.63) is 18.2 Å². The zero-order chi connectivity index (χ0) is 10.4. The van der Waals surface area contributed by atoms with E-state index in [9.17, 15) is 4.79 Å². The summed E-state index contributed by atoms with van der Waals surface area (Å²) in [4.78, 5) is 14.5. The van der Waals surface area contributed by atoms with Gasteiger partial charge in [0.15, 0.2) is 6.29 Å². The van der Waals surface area contributed by atoms with E-state index >= 15 is 0 Å². The van der Waals surface area contributed by atoms with Gasteiger partial charge in [0.05, 0.1) is 31.8 Å². The van der Waals surface area contributed by atoms with Crippen LogP contribution in [0.2, 0.25) is 0 Å². The van der Waals surface area contributed by atoms with Crippen LogP contribution in [0.3, 0.4) is 0 Å². The van der Waals surface area contributed by atoms with Crippen LogP contribution in [0.4, 0.5) is 0 Å². The molecular weight excluding hydrogens is 184 g/mol. The molecule has 1 unspecified atom stereocenters. The Hall–Kier alpha value is -1.20. The van der Waals surface area contributed by atoms with Crippen molar-refractivity contribution in [2.75, 3.05) is 20.8 Å². The Labute approximate surface area is 82.6 Å². The number of hydrogen-bond acceptors (Lipinski definition) is 4. The molecule has 1 heterocycles. The van der Waals surface area contributed by atoms with Crippen LogP contribution in [0, 0.1) is 0 Å². The summed E-state index contributed by atoms with van der Waals surface area (Å²) in [5.41, 5.74) is 0.545. The first-order valence-electron chi connectivity index (χ1n) is 4.28. The van der Waals surface area contributed by atoms with Crippen molar-refractivity contribution in [1.82, 2.24) is 9.55 Å². The maximum atomic E-state index is 10.6. The average molecular weight is 198 g/mol. The number of aldehydes is 1. The highest BCUT2D eigenvalue weighted by atomic mass is 16.5. The second-order valence-corrected chi connectivity index (χ2v) is 2.90. The summed E-state index contributed by atoms with van der Waals surface area (Å²) < 4.78 is 11.9. The number of rotatable bonds is 6. The van der Waals surface area contributed by atoms with Gasteiger partial charge in [0, 0.05) is 14.2 Å². The number of carbonyl (C=O) groups excluding carboxylic acids is 1. The molecule has 0 saturated carbocycles. The highest BCUT2D eigenvalue weighted by molar-refractivity contribution is 5.71. The molecule has 0 fully saturated rings. The van der Waals surface area contributed by atoms with E-state index in [1.807, 2.05) is 0 Å². The molecule has 0 amide bonds. The topological polar surface area (TPSA) is 53.4 Å². The second-order valence-electron chi connectivity index (χ2n) is 2.90. The minimum atomic E-state index is -0.0621. The van der Waals surface area contributed by atoms with E-state index in [0.717, 1.165) is 6.29 Å². The molecule has 14 heavy (non-hydrogen) atoms. The Kier molecular flexibility index (Phi) is 4.28. The van der Waals surface area contributed by atoms with Crippen molar-refractivity contribution in [2.24, 2.45) is 0 Å². The van der Waals surface area contributed by atoms with Crippen molar-refractivity contribution < 1.29 is 14.3 Å². The van der Waals surface area contributed by atoms with Crippen molar-refractivity contribution in [3.8, 4) is 0 Å². The Bertz CT molecular complexity index is 285. The number of imidazole rings is 1. The van der Waals surface area contributed by atoms with Gasteiger partial charge in [-0.15, -0.1) is 0 Å². The van der Waals surface area contributed by atoms with E-state index < -0.39 is 0 Å². The van der Waals surface area contributed by atoms with Crippen LogP contribution in [0.5, 0.6) is 0 Å². The molecule has 1 rings (SSSR count). The van der Waals surface area contributed by atoms with E-state index in [2.05, 4.69) is 4.98 Å². The summed E-state index contributed by atoms with van der Waals surface area (Å²) in [6.07, 6.45) is 3.83. The molecule has 78 valence electrons. The molecule has 0 aliphatic rings. The first kappa shape index (κ1) is 10.9. The van der Waals surface area contributed by atoms with Gasteiger partial charge in [-0.2, -0.15) is 0 Å². The quantitative estimate of drug-likeness (QED) is 0.619. The van der Waals surface area contributed by atoms with Gasteiger partial charge in [0.25, 0.3) is 0 Å². The van der Waals surface area contributed by atoms with Gasteiger partial charge in [-0.25, -0.2) is 4.98 Å². The number of ether oxygens (including phenoxy) is 2. The van der Waals surface area contributed by atoms with Gasteiger partial charge in [-0.3, -0.25) is 4.79 Å². The molecule has 0 aromatic carbocycles. The molecular formula is C9H14N2O3. The zero-order valence-corrected chi connectivity index (χ0v) is 8.34. The van der Waals surface area contributed by atoms with Crippen LogP contribution >= 0.6 is 0 Å². The Morgan fingerprint density at radius 1 is 1.64 bits per heavy atom. The van der Waals surface area contributed by atoms with Crippen LogP contribution in [0.1, 0.15) is 10.5 Å². The Morgan fingerprint density at radius 2 is 2.43 bits per heavy atom. The van der Waals surface area contributed by atoms with E-state index in [0.29, 0.717) is 18.8 Å². The number of nitrogens with zero attached hydrogens (tertiary/aromatic N) is 2. The van der Waals surface area contributed by atoms with E-state index in [1.54, 1.807) is 25.1 Å². The molecule has 5 nitrogen and oxygen atoms in total. The van der Waals surface area contributed by atoms with Crippen molar-refractivity contribution in [1.29, 1.82) is 0 Å². The van der Waals surface area contributed by atoms with Gasteiger partial charge in [0.2, 0.25) is 0 Å². The number of carbonyl (C=O) groups is 1. The number of methoxy groups -OCH3 is 2. The predicted molar refractivity (Wildman–Crippen MR) is 50.3 cm³/mol. The Balaban J connectivity index is 2.61. The van der Waals surface area contributed by atoms with Crippen LogP contribution in [0.15, 0.2) is 12.5 Å². The molecule has 0 aliphatic carbocycles. The van der Waals surface area contributed by atoms with Crippen molar-refractivity contribution in [2.45, 2.75) is 12.6 Å². The van der Waals surface area contributed by atoms with Crippen LogP contribution < -0.4 is 0 Å². The predicted octanol–water partition coefficient (Wildman–Crippen LogP) is 0.357. The number of aromatic nitrogens is 2. The van der Waals surface area contributed by atoms with Crippen molar-refractivity contribution in [3.63, 3.8) is 0 Å². The first-order chi connectivity index (χ1) is 6.81. The minimum absolute atomic E-state index is 0.0621. The molecule has 1 aromatic heterocycles. The molecule has 0 aliphatic heterocycles. The fourth-order valence-corrected chi connectivity index (χ4v) is 1.18. The first-order valence-corrected chi connectivity index (χ1v) is 4.28. The third-order valence-electron chi connectivity index (χ3n) is 1.95. The molecule has 0 N–H and O–H groups in total. The molecule has 1 atom stereocenters. The highest BCUT2D eigenvalue weighted by Crippen LogP contribution is 2.01. The third kappa shape index (κ3) is 2.65. The maximum absolute atomic E-state index is 10.6. The molecule has 0 saturated heterocycles. The molecule has 0 bridgehead atoms. The maximum Gasteiger partial charge on any atom is 0.168 e. The third-order valence-corrected chi connectivity index (χ3v) is 1.95. The van der Waals surface area contributed by atoms with Gasteiger partial charge in [0.1, 0.15) is 5.69 Å². The summed E-state index contributed by atoms with van der Waals surface area (Å²) in [5, 5.41) is 0. The Morgan fingerprint density at radius 3 is 3.00 bits per heavy atom.